The van der Waals surface area contributed by atoms with E-state index in [1.807, 2.05) is 19.1 Å². The van der Waals surface area contributed by atoms with E-state index in [0.717, 1.165) is 10.5 Å². The van der Waals surface area contributed by atoms with E-state index in [1.165, 1.54) is 10.3 Å². The Balaban J connectivity index is 2.37. The molecule has 1 atom stereocenters. The summed E-state index contributed by atoms with van der Waals surface area (Å²) in [5.41, 5.74) is 6.86. The van der Waals surface area contributed by atoms with Crippen LogP contribution >= 0.6 is 11.3 Å². The van der Waals surface area contributed by atoms with Gasteiger partial charge >= 0.3 is 0 Å². The molecule has 0 amide bonds. The Morgan fingerprint density at radius 2 is 2.25 bits per heavy atom. The molecular weight excluding hydrogens is 220 g/mol. The SMILES string of the molecule is Cc1cccc2sc(CC(C)(O)CN)nc12. The van der Waals surface area contributed by atoms with Crippen molar-refractivity contribution in [1.29, 1.82) is 0 Å². The van der Waals surface area contributed by atoms with Gasteiger partial charge in [-0.3, -0.25) is 0 Å². The highest BCUT2D eigenvalue weighted by atomic mass is 32.1. The molecule has 3 N–H and O–H groups in total. The molecule has 16 heavy (non-hydrogen) atoms. The zero-order valence-corrected chi connectivity index (χ0v) is 10.3. The van der Waals surface area contributed by atoms with E-state index in [-0.39, 0.29) is 6.54 Å². The topological polar surface area (TPSA) is 59.1 Å². The Labute approximate surface area is 98.9 Å². The van der Waals surface area contributed by atoms with Crippen molar-refractivity contribution in [3.05, 3.63) is 28.8 Å². The Kier molecular flexibility index (Phi) is 2.97. The van der Waals surface area contributed by atoms with Crippen molar-refractivity contribution < 1.29 is 5.11 Å². The highest BCUT2D eigenvalue weighted by Gasteiger charge is 2.21. The standard InChI is InChI=1S/C12H16N2OS/c1-8-4-3-5-9-11(8)14-10(16-9)6-12(2,15)7-13/h3-5,15H,6-7,13H2,1-2H3. The molecule has 2 rings (SSSR count). The van der Waals surface area contributed by atoms with Crippen LogP contribution in [0.3, 0.4) is 0 Å². The number of para-hydroxylation sites is 1. The van der Waals surface area contributed by atoms with Gasteiger partial charge in [-0.1, -0.05) is 12.1 Å². The number of aromatic nitrogens is 1. The summed E-state index contributed by atoms with van der Waals surface area (Å²) in [7, 11) is 0. The quantitative estimate of drug-likeness (QED) is 0.855. The van der Waals surface area contributed by atoms with Crippen molar-refractivity contribution in [3.63, 3.8) is 0 Å². The maximum Gasteiger partial charge on any atom is 0.0967 e. The van der Waals surface area contributed by atoms with Crippen LogP contribution in [0.2, 0.25) is 0 Å². The summed E-state index contributed by atoms with van der Waals surface area (Å²) in [6.45, 7) is 4.04. The lowest BCUT2D eigenvalue weighted by Gasteiger charge is -2.18. The fourth-order valence-corrected chi connectivity index (χ4v) is 2.83. The molecule has 1 aromatic carbocycles. The van der Waals surface area contributed by atoms with E-state index in [0.29, 0.717) is 6.42 Å². The number of aliphatic hydroxyl groups is 1. The summed E-state index contributed by atoms with van der Waals surface area (Å²) in [4.78, 5) is 4.55. The minimum atomic E-state index is -0.859. The van der Waals surface area contributed by atoms with E-state index >= 15 is 0 Å². The second-order valence-corrected chi connectivity index (χ2v) is 5.52. The lowest BCUT2D eigenvalue weighted by molar-refractivity contribution is 0.0696. The van der Waals surface area contributed by atoms with Crippen LogP contribution in [0, 0.1) is 6.92 Å². The fourth-order valence-electron chi connectivity index (χ4n) is 1.61. The van der Waals surface area contributed by atoms with Crippen LogP contribution in [0.1, 0.15) is 17.5 Å². The zero-order valence-electron chi connectivity index (χ0n) is 9.53. The van der Waals surface area contributed by atoms with E-state index < -0.39 is 5.60 Å². The van der Waals surface area contributed by atoms with Crippen molar-refractivity contribution in [3.8, 4) is 0 Å². The summed E-state index contributed by atoms with van der Waals surface area (Å²) in [6, 6.07) is 6.13. The van der Waals surface area contributed by atoms with E-state index in [1.54, 1.807) is 18.3 Å². The number of aryl methyl sites for hydroxylation is 1. The predicted molar refractivity (Wildman–Crippen MR) is 67.7 cm³/mol. The van der Waals surface area contributed by atoms with Gasteiger partial charge in [-0.25, -0.2) is 4.98 Å². The monoisotopic (exact) mass is 236 g/mol. The van der Waals surface area contributed by atoms with Crippen molar-refractivity contribution in [2.24, 2.45) is 5.73 Å². The van der Waals surface area contributed by atoms with Gasteiger partial charge in [-0.2, -0.15) is 0 Å². The molecule has 0 saturated carbocycles. The van der Waals surface area contributed by atoms with Gasteiger partial charge in [-0.05, 0) is 25.5 Å². The summed E-state index contributed by atoms with van der Waals surface area (Å²) in [5, 5.41) is 10.9. The van der Waals surface area contributed by atoms with Crippen LogP contribution in [-0.4, -0.2) is 22.2 Å². The molecule has 1 aromatic heterocycles. The van der Waals surface area contributed by atoms with Crippen LogP contribution in [0.5, 0.6) is 0 Å². The van der Waals surface area contributed by atoms with Crippen LogP contribution in [0.25, 0.3) is 10.2 Å². The molecule has 0 bridgehead atoms. The van der Waals surface area contributed by atoms with Gasteiger partial charge in [-0.15, -0.1) is 11.3 Å². The smallest absolute Gasteiger partial charge is 0.0967 e. The third kappa shape index (κ3) is 2.24. The maximum absolute atomic E-state index is 9.91. The first-order valence-corrected chi connectivity index (χ1v) is 6.11. The largest absolute Gasteiger partial charge is 0.388 e. The van der Waals surface area contributed by atoms with Crippen LogP contribution in [0.4, 0.5) is 0 Å². The number of nitrogens with two attached hydrogens (primary N) is 1. The predicted octanol–water partition coefficient (Wildman–Crippen LogP) is 1.86. The molecule has 0 aliphatic carbocycles. The number of fused-ring (bicyclic) bond motifs is 1. The maximum atomic E-state index is 9.91. The van der Waals surface area contributed by atoms with Gasteiger partial charge in [0, 0.05) is 13.0 Å². The van der Waals surface area contributed by atoms with Crippen molar-refractivity contribution in [2.45, 2.75) is 25.9 Å². The van der Waals surface area contributed by atoms with Crippen LogP contribution in [-0.2, 0) is 6.42 Å². The summed E-state index contributed by atoms with van der Waals surface area (Å²) in [6.07, 6.45) is 0.516. The molecule has 0 aliphatic rings. The Hall–Kier alpha value is -0.970. The Bertz CT molecular complexity index is 505. The molecule has 2 aromatic rings. The first-order chi connectivity index (χ1) is 7.52. The summed E-state index contributed by atoms with van der Waals surface area (Å²) >= 11 is 1.63. The zero-order chi connectivity index (χ0) is 11.8. The molecule has 0 saturated heterocycles. The molecule has 1 heterocycles. The normalized spacial score (nSPS) is 15.2. The Morgan fingerprint density at radius 1 is 1.50 bits per heavy atom. The van der Waals surface area contributed by atoms with Crippen LogP contribution in [0.15, 0.2) is 18.2 Å². The van der Waals surface area contributed by atoms with E-state index in [9.17, 15) is 5.11 Å². The average molecular weight is 236 g/mol. The van der Waals surface area contributed by atoms with E-state index in [2.05, 4.69) is 11.1 Å². The average Bonchev–Trinajstić information content (AvgIpc) is 2.61. The first-order valence-electron chi connectivity index (χ1n) is 5.29. The third-order valence-corrected chi connectivity index (χ3v) is 3.66. The minimum Gasteiger partial charge on any atom is -0.388 e. The number of thiazole rings is 1. The van der Waals surface area contributed by atoms with Gasteiger partial charge in [0.05, 0.1) is 20.8 Å². The molecular formula is C12H16N2OS. The number of nitrogens with zero attached hydrogens (tertiary/aromatic N) is 1. The number of hydrogen-bond donors (Lipinski definition) is 2. The number of benzene rings is 1. The van der Waals surface area contributed by atoms with Crippen molar-refractivity contribution in [2.75, 3.05) is 6.54 Å². The second-order valence-electron chi connectivity index (χ2n) is 4.41. The molecule has 0 spiro atoms. The van der Waals surface area contributed by atoms with Crippen LogP contribution < -0.4 is 5.73 Å². The van der Waals surface area contributed by atoms with Gasteiger partial charge in [0.2, 0.25) is 0 Å². The molecule has 86 valence electrons. The lowest BCUT2D eigenvalue weighted by atomic mass is 10.0. The molecule has 3 nitrogen and oxygen atoms in total. The molecule has 0 radical (unpaired) electrons. The van der Waals surface area contributed by atoms with Crippen molar-refractivity contribution in [1.82, 2.24) is 4.98 Å². The summed E-state index contributed by atoms with van der Waals surface area (Å²) < 4.78 is 1.17. The molecule has 4 heteroatoms. The molecule has 0 fully saturated rings. The summed E-state index contributed by atoms with van der Waals surface area (Å²) in [5.74, 6) is 0. The third-order valence-electron chi connectivity index (χ3n) is 2.64. The minimum absolute atomic E-state index is 0.252. The number of rotatable bonds is 3. The lowest BCUT2D eigenvalue weighted by Crippen LogP contribution is -2.36. The van der Waals surface area contributed by atoms with E-state index in [4.69, 9.17) is 5.73 Å². The molecule has 0 aliphatic heterocycles. The fraction of sp³-hybridized carbons (Fsp3) is 0.417. The second kappa shape index (κ2) is 4.13. The number of hydrogen-bond acceptors (Lipinski definition) is 4. The van der Waals surface area contributed by atoms with Crippen molar-refractivity contribution >= 4 is 21.6 Å². The highest BCUT2D eigenvalue weighted by molar-refractivity contribution is 7.18. The highest BCUT2D eigenvalue weighted by Crippen LogP contribution is 2.26. The van der Waals surface area contributed by atoms with Gasteiger partial charge in [0.15, 0.2) is 0 Å². The Morgan fingerprint density at radius 3 is 2.88 bits per heavy atom. The van der Waals surface area contributed by atoms with Gasteiger partial charge < -0.3 is 10.8 Å². The van der Waals surface area contributed by atoms with Gasteiger partial charge in [0.1, 0.15) is 0 Å². The molecule has 1 unspecified atom stereocenters. The van der Waals surface area contributed by atoms with Gasteiger partial charge in [0.25, 0.3) is 0 Å². The first kappa shape index (κ1) is 11.5.